The summed E-state index contributed by atoms with van der Waals surface area (Å²) in [4.78, 5) is 10.7. The van der Waals surface area contributed by atoms with Crippen LogP contribution in [0, 0.1) is 31.3 Å². The molecule has 0 radical (unpaired) electrons. The van der Waals surface area contributed by atoms with Gasteiger partial charge in [-0.25, -0.2) is 13.2 Å². The number of benzene rings is 2. The summed E-state index contributed by atoms with van der Waals surface area (Å²) < 4.78 is 41.3. The normalized spacial score (nSPS) is 12.3. The summed E-state index contributed by atoms with van der Waals surface area (Å²) >= 11 is 0. The molecule has 0 amide bonds. The number of carboxylic acids is 1. The van der Waals surface area contributed by atoms with Gasteiger partial charge in [0, 0.05) is 11.6 Å². The van der Waals surface area contributed by atoms with Crippen molar-refractivity contribution < 1.29 is 23.1 Å². The van der Waals surface area contributed by atoms with Gasteiger partial charge in [-0.1, -0.05) is 0 Å². The average molecular weight is 323 g/mol. The maximum Gasteiger partial charge on any atom is 0.305 e. The number of rotatable bonds is 4. The van der Waals surface area contributed by atoms with E-state index in [2.05, 4.69) is 0 Å². The van der Waals surface area contributed by atoms with E-state index in [-0.39, 0.29) is 5.56 Å². The highest BCUT2D eigenvalue weighted by Gasteiger charge is 2.20. The third-order valence-electron chi connectivity index (χ3n) is 3.64. The van der Waals surface area contributed by atoms with Crippen molar-refractivity contribution in [3.8, 4) is 11.1 Å². The number of carboxylic acid groups (broad SMARTS) is 1. The lowest BCUT2D eigenvalue weighted by atomic mass is 9.92. The van der Waals surface area contributed by atoms with Gasteiger partial charge >= 0.3 is 5.97 Å². The number of halogens is 3. The Morgan fingerprint density at radius 3 is 2.22 bits per heavy atom. The number of nitrogens with two attached hydrogens (primary N) is 1. The van der Waals surface area contributed by atoms with Crippen LogP contribution >= 0.6 is 0 Å². The third-order valence-corrected chi connectivity index (χ3v) is 3.64. The third kappa shape index (κ3) is 3.53. The fourth-order valence-electron chi connectivity index (χ4n) is 2.69. The minimum atomic E-state index is -1.21. The first-order valence-electron chi connectivity index (χ1n) is 6.94. The van der Waals surface area contributed by atoms with Crippen LogP contribution in [0.2, 0.25) is 0 Å². The Morgan fingerprint density at radius 1 is 1.13 bits per heavy atom. The smallest absolute Gasteiger partial charge is 0.305 e. The predicted molar refractivity (Wildman–Crippen MR) is 80.4 cm³/mol. The Bertz CT molecular complexity index is 752. The van der Waals surface area contributed by atoms with Crippen LogP contribution in [0.15, 0.2) is 24.3 Å². The highest BCUT2D eigenvalue weighted by molar-refractivity contribution is 5.72. The van der Waals surface area contributed by atoms with Crippen LogP contribution in [-0.2, 0) is 4.79 Å². The van der Waals surface area contributed by atoms with Gasteiger partial charge in [-0.15, -0.1) is 0 Å². The van der Waals surface area contributed by atoms with Crippen molar-refractivity contribution in [1.82, 2.24) is 0 Å². The Morgan fingerprint density at radius 2 is 1.70 bits per heavy atom. The Balaban J connectivity index is 2.62. The summed E-state index contributed by atoms with van der Waals surface area (Å²) in [5, 5.41) is 8.77. The second kappa shape index (κ2) is 6.42. The molecule has 0 bridgehead atoms. The largest absolute Gasteiger partial charge is 0.481 e. The summed E-state index contributed by atoms with van der Waals surface area (Å²) in [6, 6.07) is 3.72. The van der Waals surface area contributed by atoms with Crippen molar-refractivity contribution in [3.63, 3.8) is 0 Å². The molecule has 0 aliphatic carbocycles. The standard InChI is InChI=1S/C17H16F3NO2/c1-8-3-11(18)4-9(2)16(8)10-5-12(14(21)7-15(22)23)17(20)13(19)6-10/h3-6,14H,7,21H2,1-2H3,(H,22,23)/t14-/m0/s1. The molecule has 6 heteroatoms. The first-order valence-corrected chi connectivity index (χ1v) is 6.94. The lowest BCUT2D eigenvalue weighted by Gasteiger charge is -2.16. The Labute approximate surface area is 131 Å². The van der Waals surface area contributed by atoms with Crippen LogP contribution in [-0.4, -0.2) is 11.1 Å². The molecular weight excluding hydrogens is 307 g/mol. The molecule has 0 aromatic heterocycles. The van der Waals surface area contributed by atoms with E-state index in [4.69, 9.17) is 10.8 Å². The van der Waals surface area contributed by atoms with Crippen LogP contribution in [0.4, 0.5) is 13.2 Å². The van der Waals surface area contributed by atoms with Gasteiger partial charge in [0.05, 0.1) is 6.42 Å². The van der Waals surface area contributed by atoms with Gasteiger partial charge in [-0.2, -0.15) is 0 Å². The fraction of sp³-hybridized carbons (Fsp3) is 0.235. The molecular formula is C17H16F3NO2. The van der Waals surface area contributed by atoms with Gasteiger partial charge in [0.1, 0.15) is 5.82 Å². The second-order valence-electron chi connectivity index (χ2n) is 5.48. The number of hydrogen-bond donors (Lipinski definition) is 2. The summed E-state index contributed by atoms with van der Waals surface area (Å²) in [6.07, 6.45) is -0.527. The quantitative estimate of drug-likeness (QED) is 0.898. The molecule has 0 aliphatic rings. The van der Waals surface area contributed by atoms with E-state index in [1.54, 1.807) is 13.8 Å². The molecule has 0 unspecified atom stereocenters. The zero-order valence-corrected chi connectivity index (χ0v) is 12.7. The van der Waals surface area contributed by atoms with E-state index >= 15 is 0 Å². The van der Waals surface area contributed by atoms with Crippen LogP contribution in [0.1, 0.15) is 29.2 Å². The maximum atomic E-state index is 14.0. The SMILES string of the molecule is Cc1cc(F)cc(C)c1-c1cc(F)c(F)c([C@@H](N)CC(=O)O)c1. The topological polar surface area (TPSA) is 63.3 Å². The van der Waals surface area contributed by atoms with Gasteiger partial charge in [0.15, 0.2) is 11.6 Å². The second-order valence-corrected chi connectivity index (χ2v) is 5.48. The number of carbonyl (C=O) groups is 1. The van der Waals surface area contributed by atoms with Crippen LogP contribution in [0.5, 0.6) is 0 Å². The highest BCUT2D eigenvalue weighted by Crippen LogP contribution is 2.32. The summed E-state index contributed by atoms with van der Waals surface area (Å²) in [6.45, 7) is 3.31. The van der Waals surface area contributed by atoms with Crippen molar-refractivity contribution in [1.29, 1.82) is 0 Å². The van der Waals surface area contributed by atoms with E-state index in [0.29, 0.717) is 22.3 Å². The average Bonchev–Trinajstić information content (AvgIpc) is 2.40. The monoisotopic (exact) mass is 323 g/mol. The number of aryl methyl sites for hydroxylation is 2. The van der Waals surface area contributed by atoms with E-state index in [0.717, 1.165) is 6.07 Å². The van der Waals surface area contributed by atoms with Crippen molar-refractivity contribution in [3.05, 3.63) is 58.4 Å². The first-order chi connectivity index (χ1) is 10.7. The van der Waals surface area contributed by atoms with E-state index in [1.807, 2.05) is 0 Å². The van der Waals surface area contributed by atoms with E-state index in [1.165, 1.54) is 18.2 Å². The van der Waals surface area contributed by atoms with Crippen LogP contribution in [0.3, 0.4) is 0 Å². The molecule has 2 aromatic rings. The molecule has 3 nitrogen and oxygen atoms in total. The summed E-state index contributed by atoms with van der Waals surface area (Å²) in [5.74, 6) is -3.92. The zero-order valence-electron chi connectivity index (χ0n) is 12.7. The van der Waals surface area contributed by atoms with Gasteiger partial charge in [0.25, 0.3) is 0 Å². The molecule has 3 N–H and O–H groups in total. The van der Waals surface area contributed by atoms with Crippen LogP contribution < -0.4 is 5.73 Å². The fourth-order valence-corrected chi connectivity index (χ4v) is 2.69. The lowest BCUT2D eigenvalue weighted by Crippen LogP contribution is -2.17. The van der Waals surface area contributed by atoms with Crippen molar-refractivity contribution >= 4 is 5.97 Å². The van der Waals surface area contributed by atoms with Gasteiger partial charge < -0.3 is 10.8 Å². The number of hydrogen-bond acceptors (Lipinski definition) is 2. The van der Waals surface area contributed by atoms with Crippen molar-refractivity contribution in [2.45, 2.75) is 26.3 Å². The molecule has 0 fully saturated rings. The Hall–Kier alpha value is -2.34. The predicted octanol–water partition coefficient (Wildman–Crippen LogP) is 3.86. The molecule has 1 atom stereocenters. The van der Waals surface area contributed by atoms with E-state index < -0.39 is 35.9 Å². The highest BCUT2D eigenvalue weighted by atomic mass is 19.2. The summed E-state index contributed by atoms with van der Waals surface area (Å²) in [7, 11) is 0. The maximum absolute atomic E-state index is 14.0. The first kappa shape index (κ1) is 17.0. The molecule has 0 spiro atoms. The van der Waals surface area contributed by atoms with Crippen LogP contribution in [0.25, 0.3) is 11.1 Å². The molecule has 2 aromatic carbocycles. The number of aliphatic carboxylic acids is 1. The molecule has 0 aliphatic heterocycles. The Kier molecular flexibility index (Phi) is 4.75. The minimum Gasteiger partial charge on any atom is -0.481 e. The van der Waals surface area contributed by atoms with Gasteiger partial charge in [-0.05, 0) is 60.4 Å². The van der Waals surface area contributed by atoms with Gasteiger partial charge in [0.2, 0.25) is 0 Å². The van der Waals surface area contributed by atoms with E-state index in [9.17, 15) is 18.0 Å². The molecule has 0 heterocycles. The molecule has 0 saturated carbocycles. The molecule has 23 heavy (non-hydrogen) atoms. The lowest BCUT2D eigenvalue weighted by molar-refractivity contribution is -0.137. The molecule has 2 rings (SSSR count). The molecule has 0 saturated heterocycles. The molecule has 122 valence electrons. The minimum absolute atomic E-state index is 0.217. The summed E-state index contributed by atoms with van der Waals surface area (Å²) in [5.41, 5.74) is 7.46. The van der Waals surface area contributed by atoms with Crippen molar-refractivity contribution in [2.24, 2.45) is 5.73 Å². The zero-order chi connectivity index (χ0) is 17.3. The van der Waals surface area contributed by atoms with Gasteiger partial charge in [-0.3, -0.25) is 4.79 Å². The van der Waals surface area contributed by atoms with Crippen molar-refractivity contribution in [2.75, 3.05) is 0 Å².